The van der Waals surface area contributed by atoms with Gasteiger partial charge in [-0.1, -0.05) is 43.1 Å². The Bertz CT molecular complexity index is 1580. The Kier molecular flexibility index (Phi) is 8.83. The number of halogens is 1. The Morgan fingerprint density at radius 2 is 1.79 bits per heavy atom. The maximum absolute atomic E-state index is 10.5. The molecule has 0 radical (unpaired) electrons. The van der Waals surface area contributed by atoms with Gasteiger partial charge < -0.3 is 10.1 Å². The van der Waals surface area contributed by atoms with Gasteiger partial charge in [0.2, 0.25) is 0 Å². The molecule has 2 aromatic heterocycles. The highest BCUT2D eigenvalue weighted by molar-refractivity contribution is 7.85. The number of hydrogen-bond donors (Lipinski definition) is 2. The van der Waals surface area contributed by atoms with E-state index in [4.69, 9.17) is 31.0 Å². The molecule has 0 spiro atoms. The highest BCUT2D eigenvalue weighted by atomic mass is 35.5. The highest BCUT2D eigenvalue weighted by Gasteiger charge is 2.25. The molecule has 0 saturated heterocycles. The van der Waals surface area contributed by atoms with Crippen molar-refractivity contribution in [3.8, 4) is 16.9 Å². The van der Waals surface area contributed by atoms with E-state index in [1.165, 1.54) is 23.4 Å². The average molecular weight is 571 g/mol. The number of nitrogens with zero attached hydrogens (tertiary/aromatic N) is 3. The van der Waals surface area contributed by atoms with E-state index in [1.807, 2.05) is 36.6 Å². The van der Waals surface area contributed by atoms with Crippen molar-refractivity contribution in [2.45, 2.75) is 70.7 Å². The van der Waals surface area contributed by atoms with Gasteiger partial charge in [0.25, 0.3) is 10.1 Å². The standard InChI is InChI=1S/C22H27ClN4O.C7H8O3S/c1-5-14(6-2)24-21-17-8-7-9-19(17)25-22-20(13(3)26-27(21)22)16-11-10-15(28-4)12-18(16)23;1-6-2-4-7(5-3-6)11(8,9)10/h10-12,14,24H,5-9H2,1-4H3;2-5H,1H3,(H,8,9,10). The van der Waals surface area contributed by atoms with Crippen molar-refractivity contribution in [2.24, 2.45) is 0 Å². The second kappa shape index (κ2) is 11.9. The van der Waals surface area contributed by atoms with Gasteiger partial charge in [-0.2, -0.15) is 18.0 Å². The third kappa shape index (κ3) is 6.21. The number of benzene rings is 2. The van der Waals surface area contributed by atoms with Crippen molar-refractivity contribution in [3.05, 3.63) is 70.0 Å². The molecule has 2 heterocycles. The summed E-state index contributed by atoms with van der Waals surface area (Å²) >= 11 is 6.60. The van der Waals surface area contributed by atoms with Crippen LogP contribution in [0.25, 0.3) is 16.8 Å². The van der Waals surface area contributed by atoms with E-state index in [1.54, 1.807) is 19.2 Å². The molecule has 0 fully saturated rings. The van der Waals surface area contributed by atoms with Gasteiger partial charge in [0, 0.05) is 22.9 Å². The molecule has 0 atom stereocenters. The minimum atomic E-state index is -4.02. The lowest BCUT2D eigenvalue weighted by Gasteiger charge is -2.19. The predicted molar refractivity (Wildman–Crippen MR) is 156 cm³/mol. The number of fused-ring (bicyclic) bond motifs is 2. The van der Waals surface area contributed by atoms with E-state index in [2.05, 4.69) is 19.2 Å². The molecule has 5 rings (SSSR count). The van der Waals surface area contributed by atoms with E-state index >= 15 is 0 Å². The van der Waals surface area contributed by atoms with Crippen LogP contribution in [0.15, 0.2) is 47.4 Å². The fourth-order valence-electron chi connectivity index (χ4n) is 4.82. The Balaban J connectivity index is 0.000000270. The van der Waals surface area contributed by atoms with Gasteiger partial charge in [-0.25, -0.2) is 4.98 Å². The van der Waals surface area contributed by atoms with Crippen LogP contribution in [0.4, 0.5) is 5.82 Å². The lowest BCUT2D eigenvalue weighted by atomic mass is 10.1. The molecule has 2 N–H and O–H groups in total. The van der Waals surface area contributed by atoms with Crippen molar-refractivity contribution in [1.29, 1.82) is 0 Å². The average Bonchev–Trinajstić information content (AvgIpc) is 3.50. The zero-order valence-electron chi connectivity index (χ0n) is 23.0. The fraction of sp³-hybridized carbons (Fsp3) is 0.379. The summed E-state index contributed by atoms with van der Waals surface area (Å²) in [6.07, 6.45) is 5.37. The van der Waals surface area contributed by atoms with Crippen molar-refractivity contribution >= 4 is 33.2 Å². The topological polar surface area (TPSA) is 106 Å². The first-order valence-corrected chi connectivity index (χ1v) is 14.9. The smallest absolute Gasteiger partial charge is 0.294 e. The third-order valence-electron chi connectivity index (χ3n) is 7.05. The minimum Gasteiger partial charge on any atom is -0.497 e. The number of ether oxygens (including phenoxy) is 1. The summed E-state index contributed by atoms with van der Waals surface area (Å²) in [6.45, 7) is 8.30. The zero-order chi connectivity index (χ0) is 28.3. The molecule has 0 bridgehead atoms. The molecule has 0 aliphatic heterocycles. The van der Waals surface area contributed by atoms with Gasteiger partial charge in [0.15, 0.2) is 5.65 Å². The minimum absolute atomic E-state index is 0.0666. The van der Waals surface area contributed by atoms with Crippen LogP contribution in [0.2, 0.25) is 5.02 Å². The van der Waals surface area contributed by atoms with Crippen molar-refractivity contribution in [3.63, 3.8) is 0 Å². The van der Waals surface area contributed by atoms with Crippen LogP contribution in [0.3, 0.4) is 0 Å². The second-order valence-corrected chi connectivity index (χ2v) is 11.6. The Morgan fingerprint density at radius 3 is 2.38 bits per heavy atom. The summed E-state index contributed by atoms with van der Waals surface area (Å²) in [6, 6.07) is 12.2. The number of aryl methyl sites for hydroxylation is 3. The molecule has 0 saturated carbocycles. The van der Waals surface area contributed by atoms with Gasteiger partial charge in [-0.05, 0) is 76.3 Å². The van der Waals surface area contributed by atoms with E-state index in [9.17, 15) is 8.42 Å². The molecule has 208 valence electrons. The number of anilines is 1. The summed E-state index contributed by atoms with van der Waals surface area (Å²) in [5, 5.41) is 9.28. The summed E-state index contributed by atoms with van der Waals surface area (Å²) in [5.41, 5.74) is 7.19. The predicted octanol–water partition coefficient (Wildman–Crippen LogP) is 6.70. The van der Waals surface area contributed by atoms with Crippen LogP contribution < -0.4 is 10.1 Å². The molecule has 0 amide bonds. The lowest BCUT2D eigenvalue weighted by Crippen LogP contribution is -2.21. The molecular formula is C29H35ClN4O4S. The quantitative estimate of drug-likeness (QED) is 0.238. The van der Waals surface area contributed by atoms with E-state index in [0.717, 1.165) is 71.7 Å². The third-order valence-corrected chi connectivity index (χ3v) is 8.23. The zero-order valence-corrected chi connectivity index (χ0v) is 24.5. The number of methoxy groups -OCH3 is 1. The molecule has 2 aromatic carbocycles. The monoisotopic (exact) mass is 570 g/mol. The molecule has 0 unspecified atom stereocenters. The molecule has 8 nitrogen and oxygen atoms in total. The Morgan fingerprint density at radius 1 is 1.10 bits per heavy atom. The Labute approximate surface area is 235 Å². The van der Waals surface area contributed by atoms with Crippen LogP contribution in [-0.2, 0) is 23.0 Å². The molecule has 1 aliphatic rings. The maximum atomic E-state index is 10.5. The number of hydrogen-bond acceptors (Lipinski definition) is 6. The summed E-state index contributed by atoms with van der Waals surface area (Å²) in [7, 11) is -2.37. The Hall–Kier alpha value is -3.14. The molecule has 10 heteroatoms. The summed E-state index contributed by atoms with van der Waals surface area (Å²) in [5.74, 6) is 1.85. The molecule has 1 aliphatic carbocycles. The maximum Gasteiger partial charge on any atom is 0.294 e. The summed E-state index contributed by atoms with van der Waals surface area (Å²) in [4.78, 5) is 4.96. The van der Waals surface area contributed by atoms with Crippen molar-refractivity contribution in [2.75, 3.05) is 12.4 Å². The second-order valence-electron chi connectivity index (χ2n) is 9.73. The van der Waals surface area contributed by atoms with Crippen LogP contribution >= 0.6 is 11.6 Å². The van der Waals surface area contributed by atoms with Crippen LogP contribution in [0.5, 0.6) is 5.75 Å². The summed E-state index contributed by atoms with van der Waals surface area (Å²) < 4.78 is 36.8. The van der Waals surface area contributed by atoms with E-state index in [-0.39, 0.29) is 4.90 Å². The number of aromatic nitrogens is 3. The molecule has 4 aromatic rings. The fourth-order valence-corrected chi connectivity index (χ4v) is 5.57. The van der Waals surface area contributed by atoms with Gasteiger partial charge in [-0.15, -0.1) is 0 Å². The van der Waals surface area contributed by atoms with Crippen molar-refractivity contribution in [1.82, 2.24) is 14.6 Å². The first-order chi connectivity index (χ1) is 18.6. The van der Waals surface area contributed by atoms with Gasteiger partial charge in [0.1, 0.15) is 11.6 Å². The largest absolute Gasteiger partial charge is 0.497 e. The first kappa shape index (κ1) is 28.9. The molecular weight excluding hydrogens is 536 g/mol. The van der Waals surface area contributed by atoms with Crippen LogP contribution in [0.1, 0.15) is 55.6 Å². The number of rotatable bonds is 7. The van der Waals surface area contributed by atoms with E-state index < -0.39 is 10.1 Å². The van der Waals surface area contributed by atoms with Crippen LogP contribution in [-0.4, -0.2) is 40.7 Å². The van der Waals surface area contributed by atoms with Crippen LogP contribution in [0, 0.1) is 13.8 Å². The lowest BCUT2D eigenvalue weighted by molar-refractivity contribution is 0.415. The van der Waals surface area contributed by atoms with Gasteiger partial charge in [-0.3, -0.25) is 4.55 Å². The SMILES string of the molecule is CCC(CC)Nc1c2c(nc3c(-c4ccc(OC)cc4Cl)c(C)nn13)CCC2.Cc1ccc(S(=O)(=O)O)cc1. The first-order valence-electron chi connectivity index (χ1n) is 13.1. The van der Waals surface area contributed by atoms with Gasteiger partial charge >= 0.3 is 0 Å². The van der Waals surface area contributed by atoms with E-state index in [0.29, 0.717) is 11.1 Å². The number of nitrogens with one attached hydrogen (secondary N) is 1. The normalized spacial score (nSPS) is 12.8. The van der Waals surface area contributed by atoms with Crippen molar-refractivity contribution < 1.29 is 17.7 Å². The highest BCUT2D eigenvalue weighted by Crippen LogP contribution is 2.38. The van der Waals surface area contributed by atoms with Gasteiger partial charge in [0.05, 0.1) is 28.3 Å². The molecule has 39 heavy (non-hydrogen) atoms.